The molecule has 1 N–H and O–H groups in total. The minimum Gasteiger partial charge on any atom is -0.479 e. The van der Waals surface area contributed by atoms with Crippen LogP contribution in [0.1, 0.15) is 55.1 Å². The molecule has 1 heterocycles. The molecule has 0 saturated carbocycles. The number of hydrogen-bond donors (Lipinski definition) is 1. The molecule has 7 heteroatoms. The van der Waals surface area contributed by atoms with Gasteiger partial charge in [-0.25, -0.2) is 9.18 Å². The highest BCUT2D eigenvalue weighted by Gasteiger charge is 2.42. The van der Waals surface area contributed by atoms with Gasteiger partial charge in [-0.2, -0.15) is 0 Å². The zero-order valence-electron chi connectivity index (χ0n) is 19.5. The van der Waals surface area contributed by atoms with E-state index >= 15 is 0 Å². The molecule has 0 spiro atoms. The lowest BCUT2D eigenvalue weighted by atomic mass is 9.72. The summed E-state index contributed by atoms with van der Waals surface area (Å²) in [5.74, 6) is -1.62. The summed E-state index contributed by atoms with van der Waals surface area (Å²) in [5.41, 5.74) is 2.56. The number of rotatable bonds is 7. The molecule has 1 aliphatic heterocycles. The van der Waals surface area contributed by atoms with E-state index in [-0.39, 0.29) is 29.6 Å². The van der Waals surface area contributed by atoms with E-state index in [1.165, 1.54) is 6.07 Å². The second-order valence-electron chi connectivity index (χ2n) is 9.17. The van der Waals surface area contributed by atoms with Gasteiger partial charge in [0.2, 0.25) is 0 Å². The number of aliphatic carboxylic acids is 1. The number of para-hydroxylation sites is 1. The average Bonchev–Trinajstić information content (AvgIpc) is 2.83. The third-order valence-corrected chi connectivity index (χ3v) is 7.07. The molecule has 1 aliphatic rings. The molecule has 3 aromatic carbocycles. The molecule has 4 atom stereocenters. The van der Waals surface area contributed by atoms with E-state index in [0.717, 1.165) is 17.5 Å². The van der Waals surface area contributed by atoms with E-state index in [2.05, 4.69) is 13.8 Å². The van der Waals surface area contributed by atoms with Gasteiger partial charge in [0, 0.05) is 21.5 Å². The Hall–Kier alpha value is -2.60. The third kappa shape index (κ3) is 5.80. The summed E-state index contributed by atoms with van der Waals surface area (Å²) in [6, 6.07) is 19.9. The molecule has 0 radical (unpaired) electrons. The minimum atomic E-state index is -1.17. The van der Waals surface area contributed by atoms with Gasteiger partial charge in [0.05, 0.1) is 12.2 Å². The van der Waals surface area contributed by atoms with Crippen molar-refractivity contribution in [2.24, 2.45) is 11.8 Å². The lowest BCUT2D eigenvalue weighted by molar-refractivity contribution is -0.139. The van der Waals surface area contributed by atoms with Crippen LogP contribution in [0.25, 0.3) is 0 Å². The fourth-order valence-electron chi connectivity index (χ4n) is 4.84. The van der Waals surface area contributed by atoms with Crippen molar-refractivity contribution in [2.75, 3.05) is 6.61 Å². The van der Waals surface area contributed by atoms with Crippen LogP contribution in [0, 0.1) is 17.7 Å². The molecule has 35 heavy (non-hydrogen) atoms. The van der Waals surface area contributed by atoms with Crippen LogP contribution in [0.3, 0.4) is 0 Å². The minimum absolute atomic E-state index is 0.0215. The van der Waals surface area contributed by atoms with Crippen molar-refractivity contribution in [3.8, 4) is 5.75 Å². The summed E-state index contributed by atoms with van der Waals surface area (Å²) in [7, 11) is 0. The Morgan fingerprint density at radius 3 is 2.17 bits per heavy atom. The maximum atomic E-state index is 14.8. The summed E-state index contributed by atoms with van der Waals surface area (Å²) in [5, 5.41) is 10.4. The lowest BCUT2D eigenvalue weighted by Crippen LogP contribution is -2.34. The summed E-state index contributed by atoms with van der Waals surface area (Å²) in [6.07, 6.45) is -0.0747. The Bertz CT molecular complexity index is 1160. The molecule has 0 aliphatic carbocycles. The molecule has 0 amide bonds. The number of hydrogen-bond acceptors (Lipinski definition) is 3. The largest absolute Gasteiger partial charge is 0.479 e. The number of halogens is 3. The van der Waals surface area contributed by atoms with Gasteiger partial charge < -0.3 is 14.6 Å². The van der Waals surface area contributed by atoms with E-state index in [9.17, 15) is 9.18 Å². The van der Waals surface area contributed by atoms with Crippen molar-refractivity contribution < 1.29 is 23.8 Å². The van der Waals surface area contributed by atoms with Crippen LogP contribution in [0.5, 0.6) is 5.75 Å². The number of carboxylic acid groups (broad SMARTS) is 1. The standard InChI is InChI=1S/C28H27Cl2FO4/c1-16(2)22-14-23(17-6-10-19(29)11-7-17)26(18-8-12-20(30)13-9-18)35-27(22)21-4-3-5-24(31)28(21)34-15-25(32)33/h3-13,16,22-23,26-27H,14-15H2,1-2H3,(H,32,33)/t22-,23-,26+,27-/m0/s1. The van der Waals surface area contributed by atoms with E-state index < -0.39 is 24.5 Å². The molecule has 0 aromatic heterocycles. The highest BCUT2D eigenvalue weighted by Crippen LogP contribution is 2.53. The van der Waals surface area contributed by atoms with Gasteiger partial charge in [-0.1, -0.05) is 73.4 Å². The van der Waals surface area contributed by atoms with E-state index in [1.54, 1.807) is 12.1 Å². The van der Waals surface area contributed by atoms with Gasteiger partial charge >= 0.3 is 5.97 Å². The van der Waals surface area contributed by atoms with E-state index in [4.69, 9.17) is 37.8 Å². The van der Waals surface area contributed by atoms with Crippen molar-refractivity contribution in [1.82, 2.24) is 0 Å². The Labute approximate surface area is 214 Å². The van der Waals surface area contributed by atoms with Crippen LogP contribution in [0.2, 0.25) is 10.0 Å². The maximum Gasteiger partial charge on any atom is 0.341 e. The van der Waals surface area contributed by atoms with Gasteiger partial charge in [0.1, 0.15) is 0 Å². The predicted octanol–water partition coefficient (Wildman–Crippen LogP) is 7.85. The first-order chi connectivity index (χ1) is 16.7. The molecule has 3 aromatic rings. The molecule has 0 unspecified atom stereocenters. The van der Waals surface area contributed by atoms with Gasteiger partial charge in [0.15, 0.2) is 18.2 Å². The quantitative estimate of drug-likeness (QED) is 0.347. The fourth-order valence-corrected chi connectivity index (χ4v) is 5.09. The number of carbonyl (C=O) groups is 1. The highest BCUT2D eigenvalue weighted by molar-refractivity contribution is 6.30. The van der Waals surface area contributed by atoms with Crippen LogP contribution in [-0.2, 0) is 9.53 Å². The predicted molar refractivity (Wildman–Crippen MR) is 135 cm³/mol. The summed E-state index contributed by atoms with van der Waals surface area (Å²) < 4.78 is 27.0. The zero-order chi connectivity index (χ0) is 25.1. The average molecular weight is 517 g/mol. The molecule has 1 fully saturated rings. The van der Waals surface area contributed by atoms with Crippen LogP contribution >= 0.6 is 23.2 Å². The van der Waals surface area contributed by atoms with Crippen molar-refractivity contribution in [1.29, 1.82) is 0 Å². The summed E-state index contributed by atoms with van der Waals surface area (Å²) >= 11 is 12.3. The van der Waals surface area contributed by atoms with Gasteiger partial charge in [0.25, 0.3) is 0 Å². The number of carboxylic acids is 1. The molecular weight excluding hydrogens is 490 g/mol. The smallest absolute Gasteiger partial charge is 0.341 e. The topological polar surface area (TPSA) is 55.8 Å². The Morgan fingerprint density at radius 2 is 1.60 bits per heavy atom. The maximum absolute atomic E-state index is 14.8. The fraction of sp³-hybridized carbons (Fsp3) is 0.321. The second-order valence-corrected chi connectivity index (χ2v) is 10.0. The monoisotopic (exact) mass is 516 g/mol. The molecular formula is C28H27Cl2FO4. The normalized spacial score (nSPS) is 22.2. The SMILES string of the molecule is CC(C)[C@@H]1C[C@@H](c2ccc(Cl)cc2)[C@@H](c2ccc(Cl)cc2)O[C@H]1c1cccc(F)c1OCC(=O)O. The van der Waals surface area contributed by atoms with E-state index in [1.807, 2.05) is 48.5 Å². The van der Waals surface area contributed by atoms with Crippen molar-refractivity contribution in [2.45, 2.75) is 38.4 Å². The van der Waals surface area contributed by atoms with Crippen LogP contribution in [0.4, 0.5) is 4.39 Å². The zero-order valence-corrected chi connectivity index (χ0v) is 21.0. The Balaban J connectivity index is 1.79. The Kier molecular flexibility index (Phi) is 8.00. The number of ether oxygens (including phenoxy) is 2. The first-order valence-electron chi connectivity index (χ1n) is 11.5. The molecule has 4 nitrogen and oxygen atoms in total. The van der Waals surface area contributed by atoms with Crippen molar-refractivity contribution >= 4 is 29.2 Å². The summed E-state index contributed by atoms with van der Waals surface area (Å²) in [6.45, 7) is 3.58. The van der Waals surface area contributed by atoms with Gasteiger partial charge in [-0.3, -0.25) is 0 Å². The molecule has 0 bridgehead atoms. The third-order valence-electron chi connectivity index (χ3n) is 6.57. The van der Waals surface area contributed by atoms with Crippen LogP contribution in [-0.4, -0.2) is 17.7 Å². The van der Waals surface area contributed by atoms with Crippen molar-refractivity contribution in [3.05, 3.63) is 99.3 Å². The van der Waals surface area contributed by atoms with Crippen LogP contribution in [0.15, 0.2) is 66.7 Å². The molecule has 1 saturated heterocycles. The first-order valence-corrected chi connectivity index (χ1v) is 12.3. The molecule has 4 rings (SSSR count). The van der Waals surface area contributed by atoms with E-state index in [0.29, 0.717) is 15.6 Å². The lowest BCUT2D eigenvalue weighted by Gasteiger charge is -2.44. The summed E-state index contributed by atoms with van der Waals surface area (Å²) in [4.78, 5) is 11.1. The van der Waals surface area contributed by atoms with Crippen LogP contribution < -0.4 is 4.74 Å². The van der Waals surface area contributed by atoms with Crippen molar-refractivity contribution in [3.63, 3.8) is 0 Å². The number of benzene rings is 3. The van der Waals surface area contributed by atoms with Gasteiger partial charge in [-0.05, 0) is 59.7 Å². The Morgan fingerprint density at radius 1 is 1.00 bits per heavy atom. The highest BCUT2D eigenvalue weighted by atomic mass is 35.5. The molecule has 184 valence electrons. The second kappa shape index (κ2) is 11.0. The van der Waals surface area contributed by atoms with Gasteiger partial charge in [-0.15, -0.1) is 0 Å². The first kappa shape index (κ1) is 25.5.